The van der Waals surface area contributed by atoms with Crippen molar-refractivity contribution in [3.8, 4) is 11.5 Å². The molecule has 0 aliphatic carbocycles. The fraction of sp³-hybridized carbons (Fsp3) is 0.136. The first kappa shape index (κ1) is 22.5. The molecule has 0 saturated carbocycles. The molecule has 0 unspecified atom stereocenters. The van der Waals surface area contributed by atoms with Gasteiger partial charge in [0.25, 0.3) is 15.9 Å². The zero-order chi connectivity index (χ0) is 22.6. The van der Waals surface area contributed by atoms with E-state index in [9.17, 15) is 13.2 Å². The summed E-state index contributed by atoms with van der Waals surface area (Å²) in [5.41, 5.74) is 1.87. The first-order chi connectivity index (χ1) is 14.7. The lowest BCUT2D eigenvalue weighted by molar-refractivity contribution is 0.102. The number of hydrogen-bond acceptors (Lipinski definition) is 5. The number of hydrogen-bond donors (Lipinski definition) is 2. The van der Waals surface area contributed by atoms with Crippen LogP contribution in [0.15, 0.2) is 65.6 Å². The van der Waals surface area contributed by atoms with E-state index < -0.39 is 10.0 Å². The van der Waals surface area contributed by atoms with Gasteiger partial charge in [0.1, 0.15) is 0 Å². The molecule has 7 nitrogen and oxygen atoms in total. The number of anilines is 2. The first-order valence-electron chi connectivity index (χ1n) is 9.16. The van der Waals surface area contributed by atoms with Crippen molar-refractivity contribution in [2.24, 2.45) is 0 Å². The Morgan fingerprint density at radius 3 is 2.19 bits per heavy atom. The highest BCUT2D eigenvalue weighted by molar-refractivity contribution is 7.92. The summed E-state index contributed by atoms with van der Waals surface area (Å²) in [6, 6.07) is 15.6. The number of carbonyl (C=O) groups excluding carboxylic acids is 1. The third kappa shape index (κ3) is 5.28. The van der Waals surface area contributed by atoms with Crippen LogP contribution in [0.5, 0.6) is 11.5 Å². The summed E-state index contributed by atoms with van der Waals surface area (Å²) in [6.45, 7) is 1.72. The lowest BCUT2D eigenvalue weighted by Crippen LogP contribution is -2.15. The summed E-state index contributed by atoms with van der Waals surface area (Å²) < 4.78 is 38.5. The lowest BCUT2D eigenvalue weighted by atomic mass is 10.1. The number of nitrogens with one attached hydrogen (secondary N) is 2. The fourth-order valence-electron chi connectivity index (χ4n) is 2.85. The van der Waals surface area contributed by atoms with E-state index >= 15 is 0 Å². The quantitative estimate of drug-likeness (QED) is 0.532. The topological polar surface area (TPSA) is 93.7 Å². The van der Waals surface area contributed by atoms with Crippen LogP contribution in [0.1, 0.15) is 15.9 Å². The number of benzene rings is 3. The van der Waals surface area contributed by atoms with E-state index in [1.165, 1.54) is 32.4 Å². The summed E-state index contributed by atoms with van der Waals surface area (Å²) in [4.78, 5) is 12.5. The second-order valence-electron chi connectivity index (χ2n) is 6.61. The van der Waals surface area contributed by atoms with Gasteiger partial charge in [0.2, 0.25) is 0 Å². The van der Waals surface area contributed by atoms with Crippen molar-refractivity contribution >= 4 is 38.9 Å². The zero-order valence-electron chi connectivity index (χ0n) is 17.1. The highest BCUT2D eigenvalue weighted by Crippen LogP contribution is 2.31. The number of amides is 1. The maximum absolute atomic E-state index is 12.8. The van der Waals surface area contributed by atoms with E-state index in [1.807, 2.05) is 0 Å². The van der Waals surface area contributed by atoms with Gasteiger partial charge in [-0.25, -0.2) is 8.42 Å². The molecule has 0 aromatic heterocycles. The molecule has 0 spiro atoms. The van der Waals surface area contributed by atoms with Crippen LogP contribution in [0, 0.1) is 6.92 Å². The molecule has 9 heteroatoms. The first-order valence-corrected chi connectivity index (χ1v) is 11.0. The number of methoxy groups -OCH3 is 2. The van der Waals surface area contributed by atoms with E-state index in [1.54, 1.807) is 49.4 Å². The molecule has 1 amide bonds. The van der Waals surface area contributed by atoms with Crippen LogP contribution in [-0.4, -0.2) is 28.5 Å². The minimum Gasteiger partial charge on any atom is -0.493 e. The maximum Gasteiger partial charge on any atom is 0.261 e. The molecule has 3 aromatic carbocycles. The SMILES string of the molecule is COc1ccc(NS(=O)(=O)c2ccc(NC(=O)c3ccc(Cl)cc3)c(C)c2)cc1OC. The lowest BCUT2D eigenvalue weighted by Gasteiger charge is -2.13. The molecule has 0 aliphatic rings. The second-order valence-corrected chi connectivity index (χ2v) is 8.73. The van der Waals surface area contributed by atoms with Crippen molar-refractivity contribution in [1.82, 2.24) is 0 Å². The predicted molar refractivity (Wildman–Crippen MR) is 121 cm³/mol. The fourth-order valence-corrected chi connectivity index (χ4v) is 4.11. The highest BCUT2D eigenvalue weighted by atomic mass is 35.5. The predicted octanol–water partition coefficient (Wildman–Crippen LogP) is 4.72. The van der Waals surface area contributed by atoms with Gasteiger partial charge in [0, 0.05) is 22.3 Å². The van der Waals surface area contributed by atoms with E-state index in [-0.39, 0.29) is 10.8 Å². The molecular weight excluding hydrogens is 440 g/mol. The standard InChI is InChI=1S/C22H21ClN2O5S/c1-14-12-18(9-10-19(14)24-22(26)15-4-6-16(23)7-5-15)31(27,28)25-17-8-11-20(29-2)21(13-17)30-3/h4-13,25H,1-3H3,(H,24,26). The van der Waals surface area contributed by atoms with Crippen molar-refractivity contribution in [3.63, 3.8) is 0 Å². The minimum atomic E-state index is -3.86. The van der Waals surface area contributed by atoms with Gasteiger partial charge in [-0.1, -0.05) is 11.6 Å². The second kappa shape index (κ2) is 9.28. The number of carbonyl (C=O) groups is 1. The van der Waals surface area contributed by atoms with Gasteiger partial charge < -0.3 is 14.8 Å². The van der Waals surface area contributed by atoms with E-state index in [4.69, 9.17) is 21.1 Å². The molecule has 3 aromatic rings. The van der Waals surface area contributed by atoms with Gasteiger partial charge >= 0.3 is 0 Å². The van der Waals surface area contributed by atoms with E-state index in [2.05, 4.69) is 10.0 Å². The van der Waals surface area contributed by atoms with Crippen LogP contribution in [0.3, 0.4) is 0 Å². The molecule has 0 radical (unpaired) electrons. The van der Waals surface area contributed by atoms with Gasteiger partial charge in [-0.3, -0.25) is 9.52 Å². The summed E-state index contributed by atoms with van der Waals surface area (Å²) in [7, 11) is -0.890. The Kier molecular flexibility index (Phi) is 6.72. The molecule has 2 N–H and O–H groups in total. The smallest absolute Gasteiger partial charge is 0.261 e. The Morgan fingerprint density at radius 1 is 0.903 bits per heavy atom. The van der Waals surface area contributed by atoms with Gasteiger partial charge in [-0.05, 0) is 67.1 Å². The number of sulfonamides is 1. The van der Waals surface area contributed by atoms with E-state index in [0.717, 1.165) is 0 Å². The number of aryl methyl sites for hydroxylation is 1. The summed E-state index contributed by atoms with van der Waals surface area (Å²) in [5.74, 6) is 0.569. The summed E-state index contributed by atoms with van der Waals surface area (Å²) >= 11 is 5.84. The molecule has 0 bridgehead atoms. The molecular formula is C22H21ClN2O5S. The zero-order valence-corrected chi connectivity index (χ0v) is 18.7. The molecule has 162 valence electrons. The molecule has 3 rings (SSSR count). The molecule has 0 atom stereocenters. The largest absolute Gasteiger partial charge is 0.493 e. The van der Waals surface area contributed by atoms with Crippen LogP contribution in [0.2, 0.25) is 5.02 Å². The van der Waals surface area contributed by atoms with Crippen LogP contribution < -0.4 is 19.5 Å². The van der Waals surface area contributed by atoms with Gasteiger partial charge in [0.15, 0.2) is 11.5 Å². The Morgan fingerprint density at radius 2 is 1.58 bits per heavy atom. The van der Waals surface area contributed by atoms with E-state index in [0.29, 0.717) is 39.0 Å². The number of rotatable bonds is 7. The monoisotopic (exact) mass is 460 g/mol. The Balaban J connectivity index is 1.79. The summed E-state index contributed by atoms with van der Waals surface area (Å²) in [6.07, 6.45) is 0. The molecule has 0 fully saturated rings. The third-order valence-electron chi connectivity index (χ3n) is 4.50. The third-order valence-corrected chi connectivity index (χ3v) is 6.13. The van der Waals surface area contributed by atoms with Crippen molar-refractivity contribution < 1.29 is 22.7 Å². The normalized spacial score (nSPS) is 11.0. The van der Waals surface area contributed by atoms with Gasteiger partial charge in [-0.15, -0.1) is 0 Å². The number of halogens is 1. The summed E-state index contributed by atoms with van der Waals surface area (Å²) in [5, 5.41) is 3.31. The van der Waals surface area contributed by atoms with Crippen LogP contribution in [0.4, 0.5) is 11.4 Å². The van der Waals surface area contributed by atoms with Crippen LogP contribution in [0.25, 0.3) is 0 Å². The average Bonchev–Trinajstić information content (AvgIpc) is 2.75. The maximum atomic E-state index is 12.8. The van der Waals surface area contributed by atoms with Crippen LogP contribution in [-0.2, 0) is 10.0 Å². The van der Waals surface area contributed by atoms with Crippen molar-refractivity contribution in [2.45, 2.75) is 11.8 Å². The van der Waals surface area contributed by atoms with Crippen molar-refractivity contribution in [3.05, 3.63) is 76.8 Å². The van der Waals surface area contributed by atoms with Crippen molar-refractivity contribution in [2.75, 3.05) is 24.3 Å². The van der Waals surface area contributed by atoms with Gasteiger partial charge in [0.05, 0.1) is 24.8 Å². The Bertz CT molecular complexity index is 1210. The average molecular weight is 461 g/mol. The Hall–Kier alpha value is -3.23. The molecule has 0 saturated heterocycles. The molecule has 0 aliphatic heterocycles. The number of ether oxygens (including phenoxy) is 2. The highest BCUT2D eigenvalue weighted by Gasteiger charge is 2.17. The molecule has 31 heavy (non-hydrogen) atoms. The molecule has 0 heterocycles. The van der Waals surface area contributed by atoms with Gasteiger partial charge in [-0.2, -0.15) is 0 Å². The Labute approximate surface area is 186 Å². The van der Waals surface area contributed by atoms with Crippen LogP contribution >= 0.6 is 11.6 Å². The minimum absolute atomic E-state index is 0.0595. The van der Waals surface area contributed by atoms with Crippen molar-refractivity contribution in [1.29, 1.82) is 0 Å².